The van der Waals surface area contributed by atoms with Gasteiger partial charge >= 0.3 is 0 Å². The van der Waals surface area contributed by atoms with Gasteiger partial charge in [-0.3, -0.25) is 0 Å². The number of hydrogen-bond acceptors (Lipinski definition) is 5. The van der Waals surface area contributed by atoms with Gasteiger partial charge in [-0.05, 0) is 45.8 Å². The van der Waals surface area contributed by atoms with Crippen LogP contribution >= 0.6 is 0 Å². The van der Waals surface area contributed by atoms with Crippen LogP contribution < -0.4 is 10.1 Å². The minimum atomic E-state index is 0.149. The molecule has 0 bridgehead atoms. The molecular formula is C21H36N2O3. The fraction of sp³-hybridized carbons (Fsp3) is 0.714. The van der Waals surface area contributed by atoms with Crippen molar-refractivity contribution in [1.82, 2.24) is 10.2 Å². The van der Waals surface area contributed by atoms with Crippen molar-refractivity contribution in [3.63, 3.8) is 0 Å². The highest BCUT2D eigenvalue weighted by molar-refractivity contribution is 5.33. The molecule has 2 rings (SSSR count). The minimum absolute atomic E-state index is 0.149. The Kier molecular flexibility index (Phi) is 8.85. The molecule has 1 aliphatic rings. The average Bonchev–Trinajstić information content (AvgIpc) is 2.64. The predicted molar refractivity (Wildman–Crippen MR) is 106 cm³/mol. The molecule has 0 aliphatic heterocycles. The van der Waals surface area contributed by atoms with Crippen LogP contribution in [0.5, 0.6) is 5.75 Å². The molecule has 5 heteroatoms. The summed E-state index contributed by atoms with van der Waals surface area (Å²) >= 11 is 0. The summed E-state index contributed by atoms with van der Waals surface area (Å²) in [5.41, 5.74) is 1.41. The lowest BCUT2D eigenvalue weighted by Crippen LogP contribution is -2.39. The van der Waals surface area contributed by atoms with Crippen LogP contribution in [-0.4, -0.2) is 65.6 Å². The van der Waals surface area contributed by atoms with E-state index in [9.17, 15) is 0 Å². The van der Waals surface area contributed by atoms with Crippen molar-refractivity contribution in [2.24, 2.45) is 5.41 Å². The van der Waals surface area contributed by atoms with Crippen molar-refractivity contribution in [2.45, 2.75) is 38.3 Å². The fourth-order valence-electron chi connectivity index (χ4n) is 3.87. The van der Waals surface area contributed by atoms with Crippen LogP contribution in [0.15, 0.2) is 24.3 Å². The van der Waals surface area contributed by atoms with E-state index in [1.165, 1.54) is 5.56 Å². The smallest absolute Gasteiger partial charge is 0.124 e. The van der Waals surface area contributed by atoms with Crippen LogP contribution in [0.2, 0.25) is 0 Å². The van der Waals surface area contributed by atoms with Gasteiger partial charge in [-0.25, -0.2) is 0 Å². The third-order valence-corrected chi connectivity index (χ3v) is 5.34. The van der Waals surface area contributed by atoms with Gasteiger partial charge < -0.3 is 24.4 Å². The van der Waals surface area contributed by atoms with E-state index in [0.29, 0.717) is 0 Å². The number of likely N-dealkylation sites (N-methyl/N-ethyl adjacent to an activating group) is 2. The second-order valence-corrected chi connectivity index (χ2v) is 7.63. The van der Waals surface area contributed by atoms with Crippen molar-refractivity contribution < 1.29 is 14.2 Å². The Bertz CT molecular complexity index is 508. The number of nitrogens with one attached hydrogen (secondary N) is 1. The predicted octanol–water partition coefficient (Wildman–Crippen LogP) is 2.94. The number of benzene rings is 1. The maximum Gasteiger partial charge on any atom is 0.124 e. The molecule has 0 atom stereocenters. The van der Waals surface area contributed by atoms with E-state index >= 15 is 0 Å². The third-order valence-electron chi connectivity index (χ3n) is 5.34. The zero-order valence-electron chi connectivity index (χ0n) is 16.9. The van der Waals surface area contributed by atoms with E-state index in [4.69, 9.17) is 14.2 Å². The molecule has 1 aliphatic carbocycles. The number of para-hydroxylation sites is 1. The van der Waals surface area contributed by atoms with Gasteiger partial charge in [-0.2, -0.15) is 0 Å². The molecule has 26 heavy (non-hydrogen) atoms. The second kappa shape index (κ2) is 10.9. The maximum atomic E-state index is 6.42. The van der Waals surface area contributed by atoms with Gasteiger partial charge in [0.25, 0.3) is 0 Å². The number of rotatable bonds is 11. The first-order valence-corrected chi connectivity index (χ1v) is 9.68. The Morgan fingerprint density at radius 2 is 1.77 bits per heavy atom. The summed E-state index contributed by atoms with van der Waals surface area (Å²) < 4.78 is 17.3. The van der Waals surface area contributed by atoms with Crippen LogP contribution in [0.1, 0.15) is 31.2 Å². The highest BCUT2D eigenvalue weighted by Crippen LogP contribution is 2.38. The lowest BCUT2D eigenvalue weighted by Gasteiger charge is -2.39. The minimum Gasteiger partial charge on any atom is -0.490 e. The van der Waals surface area contributed by atoms with E-state index < -0.39 is 0 Å². The molecule has 1 aromatic rings. The standard InChI is InChI=1S/C21H36N2O3/c1-22-13-14-23(2)15-18-7-5-6-8-20(18)26-19-9-11-21(12-10-19,16-24-3)17-25-4/h5-8,19,22H,9-17H2,1-4H3. The largest absolute Gasteiger partial charge is 0.490 e. The summed E-state index contributed by atoms with van der Waals surface area (Å²) in [7, 11) is 7.70. The molecule has 5 nitrogen and oxygen atoms in total. The number of ether oxygens (including phenoxy) is 3. The monoisotopic (exact) mass is 364 g/mol. The first-order valence-electron chi connectivity index (χ1n) is 9.68. The summed E-state index contributed by atoms with van der Waals surface area (Å²) in [4.78, 5) is 2.32. The van der Waals surface area contributed by atoms with Crippen LogP contribution in [-0.2, 0) is 16.0 Å². The molecule has 0 amide bonds. The molecule has 148 valence electrons. The van der Waals surface area contributed by atoms with Gasteiger partial charge in [0.2, 0.25) is 0 Å². The number of methoxy groups -OCH3 is 2. The van der Waals surface area contributed by atoms with E-state index in [1.807, 2.05) is 7.05 Å². The van der Waals surface area contributed by atoms with Gasteiger partial charge in [0, 0.05) is 44.8 Å². The number of nitrogens with zero attached hydrogens (tertiary/aromatic N) is 1. The Labute approximate surface area is 159 Å². The number of hydrogen-bond donors (Lipinski definition) is 1. The van der Waals surface area contributed by atoms with Crippen molar-refractivity contribution >= 4 is 0 Å². The topological polar surface area (TPSA) is 43.0 Å². The fourth-order valence-corrected chi connectivity index (χ4v) is 3.87. The Morgan fingerprint density at radius 1 is 1.12 bits per heavy atom. The van der Waals surface area contributed by atoms with E-state index in [0.717, 1.165) is 64.3 Å². The molecular weight excluding hydrogens is 328 g/mol. The zero-order valence-corrected chi connectivity index (χ0v) is 16.9. The first-order chi connectivity index (χ1) is 12.6. The molecule has 0 radical (unpaired) electrons. The Balaban J connectivity index is 1.93. The van der Waals surface area contributed by atoms with Crippen LogP contribution in [0.3, 0.4) is 0 Å². The molecule has 1 fully saturated rings. The van der Waals surface area contributed by atoms with Crippen LogP contribution in [0, 0.1) is 5.41 Å². The summed E-state index contributed by atoms with van der Waals surface area (Å²) in [6.07, 6.45) is 4.56. The average molecular weight is 365 g/mol. The zero-order chi connectivity index (χ0) is 18.8. The van der Waals surface area contributed by atoms with Crippen molar-refractivity contribution in [3.8, 4) is 5.75 Å². The van der Waals surface area contributed by atoms with E-state index in [-0.39, 0.29) is 11.5 Å². The van der Waals surface area contributed by atoms with Gasteiger partial charge in [0.1, 0.15) is 5.75 Å². The van der Waals surface area contributed by atoms with Crippen molar-refractivity contribution in [1.29, 1.82) is 0 Å². The highest BCUT2D eigenvalue weighted by Gasteiger charge is 2.36. The molecule has 0 spiro atoms. The first kappa shape index (κ1) is 21.2. The Hall–Kier alpha value is -1.14. The quantitative estimate of drug-likeness (QED) is 0.654. The van der Waals surface area contributed by atoms with Crippen LogP contribution in [0.25, 0.3) is 0 Å². The van der Waals surface area contributed by atoms with Crippen molar-refractivity contribution in [3.05, 3.63) is 29.8 Å². The lowest BCUT2D eigenvalue weighted by atomic mass is 9.74. The highest BCUT2D eigenvalue weighted by atomic mass is 16.5. The summed E-state index contributed by atoms with van der Waals surface area (Å²) in [6.45, 7) is 4.44. The molecule has 0 unspecified atom stereocenters. The summed E-state index contributed by atoms with van der Waals surface area (Å²) in [5, 5.41) is 3.20. The maximum absolute atomic E-state index is 6.42. The molecule has 1 N–H and O–H groups in total. The summed E-state index contributed by atoms with van der Waals surface area (Å²) in [6, 6.07) is 8.44. The molecule has 1 aromatic carbocycles. The van der Waals surface area contributed by atoms with Gasteiger partial charge in [0.05, 0.1) is 19.3 Å². The Morgan fingerprint density at radius 3 is 2.38 bits per heavy atom. The third kappa shape index (κ3) is 6.23. The van der Waals surface area contributed by atoms with Gasteiger partial charge in [0.15, 0.2) is 0 Å². The van der Waals surface area contributed by atoms with E-state index in [2.05, 4.69) is 41.5 Å². The molecule has 0 heterocycles. The molecule has 1 saturated carbocycles. The van der Waals surface area contributed by atoms with Gasteiger partial charge in [-0.15, -0.1) is 0 Å². The normalized spacial score (nSPS) is 17.6. The SMILES string of the molecule is CNCCN(C)Cc1ccccc1OC1CCC(COC)(COC)CC1. The molecule has 0 aromatic heterocycles. The van der Waals surface area contributed by atoms with Crippen molar-refractivity contribution in [2.75, 3.05) is 54.6 Å². The molecule has 0 saturated heterocycles. The van der Waals surface area contributed by atoms with Gasteiger partial charge in [-0.1, -0.05) is 18.2 Å². The van der Waals surface area contributed by atoms with E-state index in [1.54, 1.807) is 14.2 Å². The summed E-state index contributed by atoms with van der Waals surface area (Å²) in [5.74, 6) is 1.03. The second-order valence-electron chi connectivity index (χ2n) is 7.63. The van der Waals surface area contributed by atoms with Crippen LogP contribution in [0.4, 0.5) is 0 Å². The lowest BCUT2D eigenvalue weighted by molar-refractivity contribution is -0.0340.